The van der Waals surface area contributed by atoms with E-state index in [1.165, 1.54) is 0 Å². The number of fused-ring (bicyclic) bond motifs is 3. The van der Waals surface area contributed by atoms with Gasteiger partial charge in [-0.15, -0.1) is 0 Å². The summed E-state index contributed by atoms with van der Waals surface area (Å²) in [7, 11) is 1.64. The molecule has 2 amide bonds. The number of rotatable bonds is 8. The summed E-state index contributed by atoms with van der Waals surface area (Å²) in [5.41, 5.74) is 4.87. The van der Waals surface area contributed by atoms with Crippen LogP contribution in [-0.2, 0) is 11.3 Å². The average molecular weight is 542 g/mol. The van der Waals surface area contributed by atoms with E-state index in [2.05, 4.69) is 50.5 Å². The Morgan fingerprint density at radius 3 is 2.51 bits per heavy atom. The first kappa shape index (κ1) is 26.2. The van der Waals surface area contributed by atoms with Crippen molar-refractivity contribution in [2.45, 2.75) is 32.4 Å². The summed E-state index contributed by atoms with van der Waals surface area (Å²) in [6, 6.07) is 29.8. The number of pyridine rings is 1. The summed E-state index contributed by atoms with van der Waals surface area (Å²) >= 11 is 0. The first-order valence-corrected chi connectivity index (χ1v) is 13.9. The van der Waals surface area contributed by atoms with Gasteiger partial charge in [0.1, 0.15) is 5.82 Å². The minimum atomic E-state index is -0.199. The minimum Gasteiger partial charge on any atom is -0.359 e. The first-order chi connectivity index (χ1) is 20.0. The molecule has 0 aliphatic rings. The third-order valence-corrected chi connectivity index (χ3v) is 7.59. The molecule has 7 heteroatoms. The van der Waals surface area contributed by atoms with E-state index in [0.29, 0.717) is 24.9 Å². The molecule has 0 aliphatic heterocycles. The predicted octanol–water partition coefficient (Wildman–Crippen LogP) is 6.42. The largest absolute Gasteiger partial charge is 0.359 e. The molecule has 0 bridgehead atoms. The molecule has 6 rings (SSSR count). The van der Waals surface area contributed by atoms with Crippen LogP contribution in [-0.4, -0.2) is 33.4 Å². The van der Waals surface area contributed by atoms with Crippen molar-refractivity contribution in [1.82, 2.24) is 25.2 Å². The molecule has 0 saturated carbocycles. The Labute approximate surface area is 238 Å². The number of nitrogens with zero attached hydrogens (tertiary/aromatic N) is 3. The minimum absolute atomic E-state index is 0.0208. The SMILES string of the molecule is CNC(=O)CCCn1c(-c2ccnc3ccccc23)nc2cccc(C(=O)N[C@@H](C)c3ccc4ccccc4c3)c21. The number of para-hydroxylation sites is 2. The molecular formula is C34H31N5O2. The number of nitrogens with one attached hydrogen (secondary N) is 2. The van der Waals surface area contributed by atoms with E-state index in [9.17, 15) is 9.59 Å². The zero-order chi connectivity index (χ0) is 28.3. The summed E-state index contributed by atoms with van der Waals surface area (Å²) in [6.07, 6.45) is 2.76. The van der Waals surface area contributed by atoms with E-state index in [0.717, 1.165) is 49.7 Å². The van der Waals surface area contributed by atoms with Crippen LogP contribution in [0.25, 0.3) is 44.1 Å². The third-order valence-electron chi connectivity index (χ3n) is 7.59. The Bertz CT molecular complexity index is 1900. The maximum Gasteiger partial charge on any atom is 0.253 e. The van der Waals surface area contributed by atoms with Crippen LogP contribution >= 0.6 is 0 Å². The molecule has 1 atom stereocenters. The number of amides is 2. The molecule has 0 aliphatic carbocycles. The lowest BCUT2D eigenvalue weighted by molar-refractivity contribution is -0.120. The molecule has 204 valence electrons. The molecule has 41 heavy (non-hydrogen) atoms. The number of aromatic nitrogens is 3. The Morgan fingerprint density at radius 1 is 0.878 bits per heavy atom. The van der Waals surface area contributed by atoms with Crippen molar-refractivity contribution in [1.29, 1.82) is 0 Å². The van der Waals surface area contributed by atoms with Crippen molar-refractivity contribution < 1.29 is 9.59 Å². The van der Waals surface area contributed by atoms with E-state index in [4.69, 9.17) is 4.98 Å². The Hall–Kier alpha value is -5.04. The maximum absolute atomic E-state index is 13.8. The summed E-state index contributed by atoms with van der Waals surface area (Å²) in [5.74, 6) is 0.556. The predicted molar refractivity (Wildman–Crippen MR) is 164 cm³/mol. The molecule has 2 heterocycles. The van der Waals surface area contributed by atoms with Crippen molar-refractivity contribution in [2.24, 2.45) is 0 Å². The van der Waals surface area contributed by atoms with Gasteiger partial charge >= 0.3 is 0 Å². The molecule has 7 nitrogen and oxygen atoms in total. The smallest absolute Gasteiger partial charge is 0.253 e. The molecular weight excluding hydrogens is 510 g/mol. The monoisotopic (exact) mass is 541 g/mol. The van der Waals surface area contributed by atoms with Crippen LogP contribution in [0.2, 0.25) is 0 Å². The van der Waals surface area contributed by atoms with Gasteiger partial charge in [-0.05, 0) is 60.0 Å². The van der Waals surface area contributed by atoms with Crippen LogP contribution < -0.4 is 10.6 Å². The zero-order valence-corrected chi connectivity index (χ0v) is 23.1. The maximum atomic E-state index is 13.8. The zero-order valence-electron chi connectivity index (χ0n) is 23.1. The second-order valence-corrected chi connectivity index (χ2v) is 10.2. The van der Waals surface area contributed by atoms with Gasteiger partial charge < -0.3 is 15.2 Å². The molecule has 0 fully saturated rings. The molecule has 2 aromatic heterocycles. The fraction of sp³-hybridized carbons (Fsp3) is 0.176. The number of carbonyl (C=O) groups excluding carboxylic acids is 2. The number of hydrogen-bond donors (Lipinski definition) is 2. The fourth-order valence-electron chi connectivity index (χ4n) is 5.44. The molecule has 0 spiro atoms. The highest BCUT2D eigenvalue weighted by atomic mass is 16.2. The van der Waals surface area contributed by atoms with Crippen molar-refractivity contribution in [3.8, 4) is 11.4 Å². The van der Waals surface area contributed by atoms with Crippen molar-refractivity contribution >= 4 is 44.5 Å². The molecule has 2 N–H and O–H groups in total. The topological polar surface area (TPSA) is 88.9 Å². The highest BCUT2D eigenvalue weighted by Crippen LogP contribution is 2.32. The van der Waals surface area contributed by atoms with Gasteiger partial charge in [0.15, 0.2) is 0 Å². The molecule has 0 saturated heterocycles. The summed E-state index contributed by atoms with van der Waals surface area (Å²) in [5, 5.41) is 9.18. The lowest BCUT2D eigenvalue weighted by Crippen LogP contribution is -2.27. The Balaban J connectivity index is 1.41. The van der Waals surface area contributed by atoms with Gasteiger partial charge in [-0.2, -0.15) is 0 Å². The molecule has 0 radical (unpaired) electrons. The van der Waals surface area contributed by atoms with Gasteiger partial charge in [0.05, 0.1) is 28.2 Å². The number of hydrogen-bond acceptors (Lipinski definition) is 4. The Kier molecular flexibility index (Phi) is 7.17. The number of imidazole rings is 1. The van der Waals surface area contributed by atoms with Crippen molar-refractivity contribution in [3.05, 3.63) is 108 Å². The second kappa shape index (κ2) is 11.2. The third kappa shape index (κ3) is 5.14. The van der Waals surface area contributed by atoms with E-state index in [-0.39, 0.29) is 17.9 Å². The summed E-state index contributed by atoms with van der Waals surface area (Å²) in [6.45, 7) is 2.53. The summed E-state index contributed by atoms with van der Waals surface area (Å²) < 4.78 is 2.08. The highest BCUT2D eigenvalue weighted by Gasteiger charge is 2.22. The van der Waals surface area contributed by atoms with E-state index in [1.54, 1.807) is 13.2 Å². The average Bonchev–Trinajstić information content (AvgIpc) is 3.38. The molecule has 6 aromatic rings. The van der Waals surface area contributed by atoms with Crippen LogP contribution in [0.15, 0.2) is 97.2 Å². The number of carbonyl (C=O) groups is 2. The molecule has 0 unspecified atom stereocenters. The van der Waals surface area contributed by atoms with E-state index in [1.807, 2.05) is 67.6 Å². The van der Waals surface area contributed by atoms with Gasteiger partial charge in [0.25, 0.3) is 5.91 Å². The first-order valence-electron chi connectivity index (χ1n) is 13.9. The van der Waals surface area contributed by atoms with Gasteiger partial charge in [-0.25, -0.2) is 4.98 Å². The van der Waals surface area contributed by atoms with Gasteiger partial charge in [-0.3, -0.25) is 14.6 Å². The number of benzene rings is 4. The highest BCUT2D eigenvalue weighted by molar-refractivity contribution is 6.06. The van der Waals surface area contributed by atoms with Gasteiger partial charge in [-0.1, -0.05) is 60.7 Å². The van der Waals surface area contributed by atoms with Crippen LogP contribution in [0.1, 0.15) is 41.7 Å². The van der Waals surface area contributed by atoms with E-state index < -0.39 is 0 Å². The van der Waals surface area contributed by atoms with E-state index >= 15 is 0 Å². The van der Waals surface area contributed by atoms with Gasteiger partial charge in [0, 0.05) is 37.2 Å². The standard InChI is InChI=1S/C34H31N5O2/c1-22(24-17-16-23-9-3-4-10-25(23)21-24)37-34(41)28-12-7-14-30-32(28)39(20-8-15-31(40)35-2)33(38-30)27-18-19-36-29-13-6-5-11-26(27)29/h3-7,9-14,16-19,21-22H,8,15,20H2,1-2H3,(H,35,40)(H,37,41)/t22-/m0/s1. The fourth-order valence-corrected chi connectivity index (χ4v) is 5.44. The summed E-state index contributed by atoms with van der Waals surface area (Å²) in [4.78, 5) is 35.4. The normalized spacial score (nSPS) is 12.0. The van der Waals surface area contributed by atoms with Crippen LogP contribution in [0, 0.1) is 0 Å². The number of aryl methyl sites for hydroxylation is 1. The van der Waals surface area contributed by atoms with Crippen LogP contribution in [0.3, 0.4) is 0 Å². The lowest BCUT2D eigenvalue weighted by atomic mass is 10.0. The van der Waals surface area contributed by atoms with Gasteiger partial charge in [0.2, 0.25) is 5.91 Å². The quantitative estimate of drug-likeness (QED) is 0.233. The van der Waals surface area contributed by atoms with Crippen LogP contribution in [0.4, 0.5) is 0 Å². The van der Waals surface area contributed by atoms with Crippen molar-refractivity contribution in [3.63, 3.8) is 0 Å². The van der Waals surface area contributed by atoms with Crippen molar-refractivity contribution in [2.75, 3.05) is 7.05 Å². The second-order valence-electron chi connectivity index (χ2n) is 10.2. The Morgan fingerprint density at radius 2 is 1.66 bits per heavy atom. The lowest BCUT2D eigenvalue weighted by Gasteiger charge is -2.17. The molecule has 4 aromatic carbocycles. The van der Waals surface area contributed by atoms with Crippen LogP contribution in [0.5, 0.6) is 0 Å².